The number of carbonyl (C=O) groups is 1. The third kappa shape index (κ3) is 1.93. The molecule has 0 unspecified atom stereocenters. The lowest BCUT2D eigenvalue weighted by Crippen LogP contribution is -2.13. The maximum Gasteiger partial charge on any atom is 0.264 e. The summed E-state index contributed by atoms with van der Waals surface area (Å²) >= 11 is 3.39. The van der Waals surface area contributed by atoms with E-state index in [2.05, 4.69) is 20.9 Å². The minimum atomic E-state index is -0.0643. The lowest BCUT2D eigenvalue weighted by molar-refractivity contribution is 0.0957. The lowest BCUT2D eigenvalue weighted by atomic mass is 10.1. The zero-order valence-electron chi connectivity index (χ0n) is 9.07. The molecule has 1 heterocycles. The molecule has 16 heavy (non-hydrogen) atoms. The zero-order chi connectivity index (χ0) is 11.7. The Morgan fingerprint density at radius 3 is 2.75 bits per heavy atom. The molecule has 0 N–H and O–H groups in total. The Morgan fingerprint density at radius 2 is 2.12 bits per heavy atom. The molecule has 0 bridgehead atoms. The van der Waals surface area contributed by atoms with E-state index in [1.54, 1.807) is 17.0 Å². The van der Waals surface area contributed by atoms with Crippen molar-refractivity contribution in [2.75, 3.05) is 0 Å². The molecule has 2 aromatic rings. The van der Waals surface area contributed by atoms with Crippen LogP contribution in [0.1, 0.15) is 21.7 Å². The summed E-state index contributed by atoms with van der Waals surface area (Å²) in [6.07, 6.45) is 3.30. The topological polar surface area (TPSA) is 34.9 Å². The molecule has 0 aliphatic rings. The normalized spacial score (nSPS) is 10.4. The Hall–Kier alpha value is -1.42. The number of hydrogen-bond donors (Lipinski definition) is 0. The van der Waals surface area contributed by atoms with E-state index in [4.69, 9.17) is 0 Å². The molecule has 0 fully saturated rings. The Bertz CT molecular complexity index is 546. The van der Waals surface area contributed by atoms with Crippen LogP contribution in [0.2, 0.25) is 0 Å². The van der Waals surface area contributed by atoms with E-state index in [9.17, 15) is 4.79 Å². The van der Waals surface area contributed by atoms with Crippen LogP contribution < -0.4 is 0 Å². The minimum absolute atomic E-state index is 0.0643. The second kappa shape index (κ2) is 4.22. The highest BCUT2D eigenvalue weighted by atomic mass is 79.9. The molecule has 0 atom stereocenters. The number of aromatic nitrogens is 2. The number of rotatable bonds is 1. The number of imidazole rings is 1. The number of hydrogen-bond acceptors (Lipinski definition) is 2. The van der Waals surface area contributed by atoms with Crippen molar-refractivity contribution in [2.45, 2.75) is 13.8 Å². The minimum Gasteiger partial charge on any atom is -0.270 e. The summed E-state index contributed by atoms with van der Waals surface area (Å²) in [6, 6.07) is 5.71. The fourth-order valence-electron chi connectivity index (χ4n) is 1.53. The molecule has 0 aliphatic carbocycles. The summed E-state index contributed by atoms with van der Waals surface area (Å²) in [7, 11) is 0. The van der Waals surface area contributed by atoms with Crippen molar-refractivity contribution in [2.24, 2.45) is 0 Å². The second-order valence-electron chi connectivity index (χ2n) is 3.63. The number of halogens is 1. The average Bonchev–Trinajstić information content (AvgIpc) is 2.67. The summed E-state index contributed by atoms with van der Waals surface area (Å²) in [6.45, 7) is 3.77. The molecule has 82 valence electrons. The predicted octanol–water partition coefficient (Wildman–Crippen LogP) is 2.95. The zero-order valence-corrected chi connectivity index (χ0v) is 10.7. The van der Waals surface area contributed by atoms with Crippen molar-refractivity contribution < 1.29 is 4.79 Å². The van der Waals surface area contributed by atoms with Gasteiger partial charge in [0.25, 0.3) is 5.91 Å². The smallest absolute Gasteiger partial charge is 0.264 e. The van der Waals surface area contributed by atoms with Gasteiger partial charge in [0.2, 0.25) is 0 Å². The van der Waals surface area contributed by atoms with Gasteiger partial charge in [-0.15, -0.1) is 0 Å². The Labute approximate surface area is 102 Å². The van der Waals surface area contributed by atoms with E-state index >= 15 is 0 Å². The van der Waals surface area contributed by atoms with Gasteiger partial charge in [-0.1, -0.05) is 11.6 Å². The third-order valence-electron chi connectivity index (χ3n) is 2.40. The first kappa shape index (κ1) is 11.1. The van der Waals surface area contributed by atoms with Gasteiger partial charge < -0.3 is 0 Å². The number of carbonyl (C=O) groups excluding carboxylic acids is 1. The Morgan fingerprint density at radius 1 is 1.38 bits per heavy atom. The van der Waals surface area contributed by atoms with Crippen molar-refractivity contribution in [3.63, 3.8) is 0 Å². The summed E-state index contributed by atoms with van der Waals surface area (Å²) in [5.74, 6) is 0.629. The molecular weight excluding hydrogens is 268 g/mol. The van der Waals surface area contributed by atoms with Gasteiger partial charge in [-0.05, 0) is 41.9 Å². The van der Waals surface area contributed by atoms with Crippen LogP contribution in [-0.2, 0) is 0 Å². The molecule has 0 saturated carbocycles. The van der Waals surface area contributed by atoms with Gasteiger partial charge in [0.1, 0.15) is 5.82 Å². The van der Waals surface area contributed by atoms with Crippen LogP contribution in [0.3, 0.4) is 0 Å². The highest BCUT2D eigenvalue weighted by Gasteiger charge is 2.13. The summed E-state index contributed by atoms with van der Waals surface area (Å²) in [5.41, 5.74) is 1.71. The average molecular weight is 279 g/mol. The van der Waals surface area contributed by atoms with Crippen molar-refractivity contribution in [3.05, 3.63) is 52.0 Å². The maximum atomic E-state index is 12.2. The summed E-state index contributed by atoms with van der Waals surface area (Å²) in [5, 5.41) is 0. The third-order valence-corrected chi connectivity index (χ3v) is 3.09. The number of aryl methyl sites for hydroxylation is 2. The molecule has 3 nitrogen and oxygen atoms in total. The van der Waals surface area contributed by atoms with E-state index in [0.29, 0.717) is 11.4 Å². The second-order valence-corrected chi connectivity index (χ2v) is 4.49. The standard InChI is InChI=1S/C12H11BrN2O/c1-8-3-4-11(13)10(7-8)12(16)15-6-5-14-9(15)2/h3-7H,1-2H3. The first-order valence-electron chi connectivity index (χ1n) is 4.90. The molecule has 0 aliphatic heterocycles. The van der Waals surface area contributed by atoms with Gasteiger partial charge in [0.15, 0.2) is 0 Å². The van der Waals surface area contributed by atoms with Crippen molar-refractivity contribution >= 4 is 21.8 Å². The largest absolute Gasteiger partial charge is 0.270 e. The lowest BCUT2D eigenvalue weighted by Gasteiger charge is -2.06. The monoisotopic (exact) mass is 278 g/mol. The van der Waals surface area contributed by atoms with Gasteiger partial charge in [-0.2, -0.15) is 0 Å². The van der Waals surface area contributed by atoms with Crippen LogP contribution in [0.4, 0.5) is 0 Å². The Kier molecular flexibility index (Phi) is 2.92. The quantitative estimate of drug-likeness (QED) is 0.804. The molecule has 0 radical (unpaired) electrons. The van der Waals surface area contributed by atoms with E-state index in [0.717, 1.165) is 10.0 Å². The molecule has 0 saturated heterocycles. The predicted molar refractivity (Wildman–Crippen MR) is 65.6 cm³/mol. The Balaban J connectivity index is 2.49. The van der Waals surface area contributed by atoms with E-state index < -0.39 is 0 Å². The highest BCUT2D eigenvalue weighted by molar-refractivity contribution is 9.10. The molecule has 0 spiro atoms. The van der Waals surface area contributed by atoms with Crippen LogP contribution >= 0.6 is 15.9 Å². The fraction of sp³-hybridized carbons (Fsp3) is 0.167. The van der Waals surface area contributed by atoms with Crippen LogP contribution in [0.25, 0.3) is 0 Å². The highest BCUT2D eigenvalue weighted by Crippen LogP contribution is 2.19. The van der Waals surface area contributed by atoms with E-state index in [1.807, 2.05) is 32.0 Å². The molecule has 4 heteroatoms. The number of nitrogens with zero attached hydrogens (tertiary/aromatic N) is 2. The fourth-order valence-corrected chi connectivity index (χ4v) is 1.94. The maximum absolute atomic E-state index is 12.2. The van der Waals surface area contributed by atoms with Gasteiger partial charge in [-0.3, -0.25) is 9.36 Å². The van der Waals surface area contributed by atoms with Gasteiger partial charge in [-0.25, -0.2) is 4.98 Å². The molecule has 1 aromatic carbocycles. The molecule has 2 rings (SSSR count). The van der Waals surface area contributed by atoms with Crippen molar-refractivity contribution in [3.8, 4) is 0 Å². The van der Waals surface area contributed by atoms with E-state index in [-0.39, 0.29) is 5.91 Å². The van der Waals surface area contributed by atoms with Gasteiger partial charge >= 0.3 is 0 Å². The first-order chi connectivity index (χ1) is 7.59. The number of benzene rings is 1. The summed E-state index contributed by atoms with van der Waals surface area (Å²) < 4.78 is 2.34. The van der Waals surface area contributed by atoms with Gasteiger partial charge in [0, 0.05) is 16.9 Å². The van der Waals surface area contributed by atoms with E-state index in [1.165, 1.54) is 0 Å². The van der Waals surface area contributed by atoms with Crippen LogP contribution in [0.15, 0.2) is 35.1 Å². The van der Waals surface area contributed by atoms with Crippen molar-refractivity contribution in [1.29, 1.82) is 0 Å². The molecule has 0 amide bonds. The van der Waals surface area contributed by atoms with Crippen LogP contribution in [0, 0.1) is 13.8 Å². The summed E-state index contributed by atoms with van der Waals surface area (Å²) in [4.78, 5) is 16.2. The van der Waals surface area contributed by atoms with Crippen LogP contribution in [-0.4, -0.2) is 15.5 Å². The van der Waals surface area contributed by atoms with Gasteiger partial charge in [0.05, 0.1) is 5.56 Å². The van der Waals surface area contributed by atoms with Crippen molar-refractivity contribution in [1.82, 2.24) is 9.55 Å². The van der Waals surface area contributed by atoms with Crippen LogP contribution in [0.5, 0.6) is 0 Å². The SMILES string of the molecule is Cc1ccc(Br)c(C(=O)n2ccnc2C)c1. The first-order valence-corrected chi connectivity index (χ1v) is 5.69. The molecule has 1 aromatic heterocycles. The molecular formula is C12H11BrN2O.